The van der Waals surface area contributed by atoms with Crippen LogP contribution in [0.5, 0.6) is 0 Å². The zero-order chi connectivity index (χ0) is 14.0. The van der Waals surface area contributed by atoms with Gasteiger partial charge in [-0.05, 0) is 35.8 Å². The fraction of sp³-hybridized carbons (Fsp3) is 0.538. The molecule has 2 rings (SSSR count). The van der Waals surface area contributed by atoms with E-state index in [1.54, 1.807) is 0 Å². The quantitative estimate of drug-likeness (QED) is 0.851. The van der Waals surface area contributed by atoms with E-state index >= 15 is 0 Å². The normalized spacial score (nSPS) is 17.5. The molecule has 0 spiro atoms. The van der Waals surface area contributed by atoms with Crippen LogP contribution >= 0.6 is 28.1 Å². The van der Waals surface area contributed by atoms with Crippen LogP contribution in [0.15, 0.2) is 22.9 Å². The van der Waals surface area contributed by atoms with E-state index in [1.807, 2.05) is 18.5 Å². The summed E-state index contributed by atoms with van der Waals surface area (Å²) in [6.45, 7) is 8.03. The average molecular weight is 343 g/mol. The van der Waals surface area contributed by atoms with Gasteiger partial charge < -0.3 is 10.6 Å². The van der Waals surface area contributed by atoms with E-state index in [4.69, 9.17) is 18.0 Å². The fourth-order valence-corrected chi connectivity index (χ4v) is 2.92. The van der Waals surface area contributed by atoms with Gasteiger partial charge in [0.25, 0.3) is 0 Å². The van der Waals surface area contributed by atoms with Crippen molar-refractivity contribution in [2.75, 3.05) is 31.1 Å². The Hall–Kier alpha value is -0.720. The summed E-state index contributed by atoms with van der Waals surface area (Å²) in [5.74, 6) is 0. The molecule has 2 heterocycles. The van der Waals surface area contributed by atoms with Crippen molar-refractivity contribution in [3.63, 3.8) is 0 Å². The zero-order valence-corrected chi connectivity index (χ0v) is 13.7. The van der Waals surface area contributed by atoms with Crippen LogP contribution in [0.2, 0.25) is 0 Å². The van der Waals surface area contributed by atoms with E-state index in [-0.39, 0.29) is 5.54 Å². The molecule has 0 aliphatic carbocycles. The van der Waals surface area contributed by atoms with Crippen LogP contribution in [-0.2, 0) is 0 Å². The molecule has 1 aromatic rings. The number of rotatable bonds is 3. The smallest absolute Gasteiger partial charge is 0.0928 e. The Balaban J connectivity index is 2.04. The number of nitrogens with zero attached hydrogens (tertiary/aromatic N) is 3. The molecular formula is C13H19BrN4S. The lowest BCUT2D eigenvalue weighted by Crippen LogP contribution is -2.59. The van der Waals surface area contributed by atoms with Crippen molar-refractivity contribution < 1.29 is 0 Å². The van der Waals surface area contributed by atoms with Crippen LogP contribution in [0.3, 0.4) is 0 Å². The minimum atomic E-state index is -0.211. The molecule has 1 aromatic heterocycles. The van der Waals surface area contributed by atoms with Gasteiger partial charge in [0, 0.05) is 38.6 Å². The molecule has 0 saturated carbocycles. The maximum Gasteiger partial charge on any atom is 0.0928 e. The van der Waals surface area contributed by atoms with Crippen molar-refractivity contribution >= 4 is 38.8 Å². The first kappa shape index (κ1) is 14.7. The Kier molecular flexibility index (Phi) is 4.43. The summed E-state index contributed by atoms with van der Waals surface area (Å²) in [6, 6.07) is 2.04. The van der Waals surface area contributed by atoms with E-state index in [2.05, 4.69) is 44.6 Å². The highest BCUT2D eigenvalue weighted by molar-refractivity contribution is 9.10. The van der Waals surface area contributed by atoms with Crippen LogP contribution in [0, 0.1) is 0 Å². The Morgan fingerprint density at radius 1 is 1.37 bits per heavy atom. The van der Waals surface area contributed by atoms with Crippen molar-refractivity contribution in [1.29, 1.82) is 0 Å². The molecule has 6 heteroatoms. The second-order valence-electron chi connectivity index (χ2n) is 5.22. The van der Waals surface area contributed by atoms with Crippen molar-refractivity contribution in [3.05, 3.63) is 22.9 Å². The topological polar surface area (TPSA) is 45.4 Å². The monoisotopic (exact) mass is 342 g/mol. The van der Waals surface area contributed by atoms with Crippen molar-refractivity contribution in [2.24, 2.45) is 5.73 Å². The molecule has 0 unspecified atom stereocenters. The molecule has 0 amide bonds. The minimum Gasteiger partial charge on any atom is -0.392 e. The molecule has 0 atom stereocenters. The van der Waals surface area contributed by atoms with E-state index in [9.17, 15) is 0 Å². The Morgan fingerprint density at radius 3 is 2.53 bits per heavy atom. The van der Waals surface area contributed by atoms with Gasteiger partial charge in [-0.25, -0.2) is 0 Å². The summed E-state index contributed by atoms with van der Waals surface area (Å²) < 4.78 is 1.04. The number of piperazine rings is 1. The number of anilines is 1. The maximum absolute atomic E-state index is 5.83. The third kappa shape index (κ3) is 3.07. The third-order valence-corrected chi connectivity index (χ3v) is 4.88. The Labute approximate surface area is 128 Å². The van der Waals surface area contributed by atoms with E-state index in [0.717, 1.165) is 30.7 Å². The summed E-state index contributed by atoms with van der Waals surface area (Å²) in [5, 5.41) is 0. The van der Waals surface area contributed by atoms with Crippen LogP contribution in [0.4, 0.5) is 5.69 Å². The number of hydrogen-bond donors (Lipinski definition) is 1. The second-order valence-corrected chi connectivity index (χ2v) is 6.52. The molecular weight excluding hydrogens is 324 g/mol. The summed E-state index contributed by atoms with van der Waals surface area (Å²) >= 11 is 8.71. The van der Waals surface area contributed by atoms with Crippen molar-refractivity contribution in [3.8, 4) is 0 Å². The molecule has 1 aliphatic rings. The maximum atomic E-state index is 5.83. The van der Waals surface area contributed by atoms with Crippen LogP contribution < -0.4 is 10.6 Å². The van der Waals surface area contributed by atoms with Gasteiger partial charge in [0.1, 0.15) is 0 Å². The lowest BCUT2D eigenvalue weighted by atomic mass is 10.0. The van der Waals surface area contributed by atoms with Crippen molar-refractivity contribution in [1.82, 2.24) is 9.88 Å². The molecule has 1 aliphatic heterocycles. The van der Waals surface area contributed by atoms with Crippen LogP contribution in [0.25, 0.3) is 0 Å². The Bertz CT molecular complexity index is 469. The highest BCUT2D eigenvalue weighted by atomic mass is 79.9. The van der Waals surface area contributed by atoms with Gasteiger partial charge in [-0.1, -0.05) is 12.2 Å². The molecule has 0 aromatic carbocycles. The summed E-state index contributed by atoms with van der Waals surface area (Å²) in [5.41, 5.74) is 6.82. The van der Waals surface area contributed by atoms with Gasteiger partial charge in [0.15, 0.2) is 0 Å². The average Bonchev–Trinajstić information content (AvgIpc) is 2.39. The van der Waals surface area contributed by atoms with Gasteiger partial charge in [-0.3, -0.25) is 9.88 Å². The van der Waals surface area contributed by atoms with Gasteiger partial charge in [0.05, 0.1) is 20.7 Å². The molecule has 104 valence electrons. The largest absolute Gasteiger partial charge is 0.392 e. The Morgan fingerprint density at radius 2 is 2.00 bits per heavy atom. The molecule has 1 saturated heterocycles. The number of nitrogens with two attached hydrogens (primary N) is 1. The first-order valence-corrected chi connectivity index (χ1v) is 7.52. The number of hydrogen-bond acceptors (Lipinski definition) is 4. The van der Waals surface area contributed by atoms with Crippen LogP contribution in [-0.4, -0.2) is 46.6 Å². The zero-order valence-electron chi connectivity index (χ0n) is 11.3. The SMILES string of the molecule is CC(C)(C(N)=S)N1CCN(c2ccncc2Br)CC1. The first-order chi connectivity index (χ1) is 8.93. The number of thiocarbonyl (C=S) groups is 1. The minimum absolute atomic E-state index is 0.211. The van der Waals surface area contributed by atoms with Gasteiger partial charge in [0.2, 0.25) is 0 Å². The van der Waals surface area contributed by atoms with Crippen LogP contribution in [0.1, 0.15) is 13.8 Å². The van der Waals surface area contributed by atoms with Gasteiger partial charge >= 0.3 is 0 Å². The van der Waals surface area contributed by atoms with E-state index in [0.29, 0.717) is 4.99 Å². The lowest BCUT2D eigenvalue weighted by molar-refractivity contribution is 0.168. The fourth-order valence-electron chi connectivity index (χ4n) is 2.29. The summed E-state index contributed by atoms with van der Waals surface area (Å²) in [4.78, 5) is 9.37. The van der Waals surface area contributed by atoms with Gasteiger partial charge in [-0.2, -0.15) is 0 Å². The molecule has 0 radical (unpaired) electrons. The highest BCUT2D eigenvalue weighted by Gasteiger charge is 2.32. The predicted octanol–water partition coefficient (Wildman–Crippen LogP) is 2.03. The highest BCUT2D eigenvalue weighted by Crippen LogP contribution is 2.27. The third-order valence-electron chi connectivity index (χ3n) is 3.76. The molecule has 19 heavy (non-hydrogen) atoms. The summed E-state index contributed by atoms with van der Waals surface area (Å²) in [7, 11) is 0. The number of pyridine rings is 1. The predicted molar refractivity (Wildman–Crippen MR) is 86.6 cm³/mol. The first-order valence-electron chi connectivity index (χ1n) is 6.32. The molecule has 0 bridgehead atoms. The molecule has 4 nitrogen and oxygen atoms in total. The van der Waals surface area contributed by atoms with Gasteiger partial charge in [-0.15, -0.1) is 0 Å². The molecule has 2 N–H and O–H groups in total. The number of halogens is 1. The van der Waals surface area contributed by atoms with E-state index in [1.165, 1.54) is 5.69 Å². The standard InChI is InChI=1S/C13H19BrN4S/c1-13(2,12(15)19)18-7-5-17(6-8-18)11-3-4-16-9-10(11)14/h3-4,9H,5-8H2,1-2H3,(H2,15,19). The lowest BCUT2D eigenvalue weighted by Gasteiger charge is -2.44. The van der Waals surface area contributed by atoms with Crippen molar-refractivity contribution in [2.45, 2.75) is 19.4 Å². The number of aromatic nitrogens is 1. The second kappa shape index (κ2) is 5.73. The van der Waals surface area contributed by atoms with E-state index < -0.39 is 0 Å². The summed E-state index contributed by atoms with van der Waals surface area (Å²) in [6.07, 6.45) is 3.66. The molecule has 1 fully saturated rings.